The molecule has 0 fully saturated rings. The van der Waals surface area contributed by atoms with E-state index in [4.69, 9.17) is 10.5 Å². The molecule has 0 aliphatic heterocycles. The Labute approximate surface area is 111 Å². The van der Waals surface area contributed by atoms with Crippen LogP contribution in [-0.2, 0) is 6.54 Å². The van der Waals surface area contributed by atoms with Gasteiger partial charge in [-0.15, -0.1) is 0 Å². The molecule has 1 aromatic heterocycles. The molecule has 0 unspecified atom stereocenters. The number of methoxy groups -OCH3 is 1. The first-order valence-corrected chi connectivity index (χ1v) is 5.84. The summed E-state index contributed by atoms with van der Waals surface area (Å²) in [5.74, 6) is 0.298. The molecule has 0 bridgehead atoms. The van der Waals surface area contributed by atoms with Crippen LogP contribution in [0.5, 0.6) is 5.75 Å². The third-order valence-corrected chi connectivity index (χ3v) is 2.65. The van der Waals surface area contributed by atoms with Crippen molar-refractivity contribution in [1.82, 2.24) is 4.98 Å². The van der Waals surface area contributed by atoms with Crippen LogP contribution in [0.1, 0.15) is 16.1 Å². The smallest absolute Gasteiger partial charge is 0.274 e. The van der Waals surface area contributed by atoms with Gasteiger partial charge >= 0.3 is 0 Å². The highest BCUT2D eigenvalue weighted by atomic mass is 16.5. The van der Waals surface area contributed by atoms with Gasteiger partial charge in [-0.2, -0.15) is 0 Å². The predicted octanol–water partition coefficient (Wildman–Crippen LogP) is 1.80. The molecule has 0 radical (unpaired) electrons. The van der Waals surface area contributed by atoms with Crippen LogP contribution in [0.2, 0.25) is 0 Å². The second-order valence-electron chi connectivity index (χ2n) is 3.91. The quantitative estimate of drug-likeness (QED) is 0.875. The van der Waals surface area contributed by atoms with Crippen molar-refractivity contribution in [2.24, 2.45) is 5.73 Å². The standard InChI is InChI=1S/C14H15N3O2/c1-19-13-8-10(9-15)5-6-11(13)17-14(18)12-4-2-3-7-16-12/h2-8H,9,15H2,1H3,(H,17,18). The van der Waals surface area contributed by atoms with E-state index in [2.05, 4.69) is 10.3 Å². The fourth-order valence-corrected chi connectivity index (χ4v) is 1.65. The monoisotopic (exact) mass is 257 g/mol. The maximum absolute atomic E-state index is 12.0. The van der Waals surface area contributed by atoms with Crippen molar-refractivity contribution in [2.45, 2.75) is 6.54 Å². The molecule has 5 nitrogen and oxygen atoms in total. The van der Waals surface area contributed by atoms with E-state index in [1.54, 1.807) is 43.6 Å². The van der Waals surface area contributed by atoms with E-state index in [9.17, 15) is 4.79 Å². The normalized spacial score (nSPS) is 10.0. The van der Waals surface area contributed by atoms with Gasteiger partial charge in [0, 0.05) is 12.7 Å². The zero-order valence-corrected chi connectivity index (χ0v) is 10.6. The summed E-state index contributed by atoms with van der Waals surface area (Å²) in [6, 6.07) is 10.6. The molecule has 2 rings (SSSR count). The molecule has 98 valence electrons. The number of pyridine rings is 1. The van der Waals surface area contributed by atoms with Crippen molar-refractivity contribution >= 4 is 11.6 Å². The molecule has 3 N–H and O–H groups in total. The SMILES string of the molecule is COc1cc(CN)ccc1NC(=O)c1ccccn1. The minimum atomic E-state index is -0.278. The fraction of sp³-hybridized carbons (Fsp3) is 0.143. The van der Waals surface area contributed by atoms with Gasteiger partial charge < -0.3 is 15.8 Å². The summed E-state index contributed by atoms with van der Waals surface area (Å²) in [6.07, 6.45) is 1.57. The zero-order chi connectivity index (χ0) is 13.7. The van der Waals surface area contributed by atoms with Gasteiger partial charge in [0.2, 0.25) is 0 Å². The number of carbonyl (C=O) groups is 1. The first kappa shape index (κ1) is 13.0. The summed E-state index contributed by atoms with van der Waals surface area (Å²) in [7, 11) is 1.55. The van der Waals surface area contributed by atoms with Gasteiger partial charge in [0.1, 0.15) is 11.4 Å². The summed E-state index contributed by atoms with van der Waals surface area (Å²) in [5.41, 5.74) is 7.45. The summed E-state index contributed by atoms with van der Waals surface area (Å²) < 4.78 is 5.23. The summed E-state index contributed by atoms with van der Waals surface area (Å²) in [6.45, 7) is 0.421. The number of nitrogens with zero attached hydrogens (tertiary/aromatic N) is 1. The highest BCUT2D eigenvalue weighted by Gasteiger charge is 2.10. The Morgan fingerprint density at radius 2 is 2.21 bits per heavy atom. The lowest BCUT2D eigenvalue weighted by molar-refractivity contribution is 0.102. The maximum Gasteiger partial charge on any atom is 0.274 e. The molecule has 19 heavy (non-hydrogen) atoms. The Hall–Kier alpha value is -2.40. The van der Waals surface area contributed by atoms with Crippen molar-refractivity contribution in [2.75, 3.05) is 12.4 Å². The highest BCUT2D eigenvalue weighted by molar-refractivity contribution is 6.03. The Balaban J connectivity index is 2.21. The lowest BCUT2D eigenvalue weighted by atomic mass is 10.2. The van der Waals surface area contributed by atoms with Crippen molar-refractivity contribution in [1.29, 1.82) is 0 Å². The van der Waals surface area contributed by atoms with Crippen LogP contribution in [0, 0.1) is 0 Å². The Kier molecular flexibility index (Phi) is 4.10. The second kappa shape index (κ2) is 5.97. The maximum atomic E-state index is 12.0. The minimum Gasteiger partial charge on any atom is -0.495 e. The number of benzene rings is 1. The van der Waals surface area contributed by atoms with E-state index in [1.165, 1.54) is 0 Å². The first-order chi connectivity index (χ1) is 9.24. The number of hydrogen-bond donors (Lipinski definition) is 2. The van der Waals surface area contributed by atoms with E-state index >= 15 is 0 Å². The third kappa shape index (κ3) is 3.08. The molecule has 1 aromatic carbocycles. The van der Waals surface area contributed by atoms with Crippen LogP contribution in [0.4, 0.5) is 5.69 Å². The van der Waals surface area contributed by atoms with E-state index < -0.39 is 0 Å². The van der Waals surface area contributed by atoms with Crippen molar-refractivity contribution in [3.8, 4) is 5.75 Å². The van der Waals surface area contributed by atoms with Gasteiger partial charge in [-0.25, -0.2) is 0 Å². The molecule has 5 heteroatoms. The molecule has 0 aliphatic rings. The van der Waals surface area contributed by atoms with Crippen LogP contribution >= 0.6 is 0 Å². The average molecular weight is 257 g/mol. The molecular formula is C14H15N3O2. The molecule has 0 atom stereocenters. The Morgan fingerprint density at radius 1 is 1.37 bits per heavy atom. The topological polar surface area (TPSA) is 77.2 Å². The summed E-state index contributed by atoms with van der Waals surface area (Å²) in [4.78, 5) is 16.0. The van der Waals surface area contributed by atoms with Gasteiger partial charge in [-0.1, -0.05) is 12.1 Å². The largest absolute Gasteiger partial charge is 0.495 e. The number of hydrogen-bond acceptors (Lipinski definition) is 4. The number of ether oxygens (including phenoxy) is 1. The number of nitrogens with one attached hydrogen (secondary N) is 1. The molecular weight excluding hydrogens is 242 g/mol. The average Bonchev–Trinajstić information content (AvgIpc) is 2.48. The van der Waals surface area contributed by atoms with Gasteiger partial charge in [0.25, 0.3) is 5.91 Å². The lowest BCUT2D eigenvalue weighted by Gasteiger charge is -2.11. The summed E-state index contributed by atoms with van der Waals surface area (Å²) >= 11 is 0. The molecule has 0 saturated carbocycles. The minimum absolute atomic E-state index is 0.278. The fourth-order valence-electron chi connectivity index (χ4n) is 1.65. The van der Waals surface area contributed by atoms with Gasteiger partial charge in [0.15, 0.2) is 0 Å². The lowest BCUT2D eigenvalue weighted by Crippen LogP contribution is -2.14. The first-order valence-electron chi connectivity index (χ1n) is 5.84. The highest BCUT2D eigenvalue weighted by Crippen LogP contribution is 2.25. The second-order valence-corrected chi connectivity index (χ2v) is 3.91. The number of nitrogens with two attached hydrogens (primary N) is 1. The van der Waals surface area contributed by atoms with Crippen LogP contribution in [0.3, 0.4) is 0 Å². The third-order valence-electron chi connectivity index (χ3n) is 2.65. The number of amides is 1. The molecule has 2 aromatic rings. The van der Waals surface area contributed by atoms with Crippen LogP contribution in [0.15, 0.2) is 42.6 Å². The molecule has 0 saturated heterocycles. The number of carbonyl (C=O) groups excluding carboxylic acids is 1. The van der Waals surface area contributed by atoms with Crippen molar-refractivity contribution in [3.63, 3.8) is 0 Å². The van der Waals surface area contributed by atoms with Crippen LogP contribution in [-0.4, -0.2) is 18.0 Å². The van der Waals surface area contributed by atoms with Crippen molar-refractivity contribution < 1.29 is 9.53 Å². The zero-order valence-electron chi connectivity index (χ0n) is 10.6. The Bertz CT molecular complexity index is 570. The van der Waals surface area contributed by atoms with Crippen molar-refractivity contribution in [3.05, 3.63) is 53.9 Å². The van der Waals surface area contributed by atoms with E-state index in [-0.39, 0.29) is 5.91 Å². The van der Waals surface area contributed by atoms with Gasteiger partial charge in [0.05, 0.1) is 12.8 Å². The van der Waals surface area contributed by atoms with Crippen LogP contribution in [0.25, 0.3) is 0 Å². The Morgan fingerprint density at radius 3 is 2.84 bits per heavy atom. The van der Waals surface area contributed by atoms with Gasteiger partial charge in [-0.3, -0.25) is 9.78 Å². The number of aromatic nitrogens is 1. The summed E-state index contributed by atoms with van der Waals surface area (Å²) in [5, 5.41) is 2.76. The molecule has 1 amide bonds. The van der Waals surface area contributed by atoms with E-state index in [0.717, 1.165) is 5.56 Å². The van der Waals surface area contributed by atoms with E-state index in [1.807, 2.05) is 6.07 Å². The molecule has 1 heterocycles. The van der Waals surface area contributed by atoms with Crippen LogP contribution < -0.4 is 15.8 Å². The molecule has 0 spiro atoms. The molecule has 0 aliphatic carbocycles. The van der Waals surface area contributed by atoms with E-state index in [0.29, 0.717) is 23.7 Å². The predicted molar refractivity (Wildman–Crippen MR) is 73.1 cm³/mol. The number of rotatable bonds is 4. The van der Waals surface area contributed by atoms with Gasteiger partial charge in [-0.05, 0) is 29.8 Å². The number of anilines is 1.